The van der Waals surface area contributed by atoms with E-state index in [0.29, 0.717) is 28.6 Å². The number of ether oxygens (including phenoxy) is 2. The third-order valence-corrected chi connectivity index (χ3v) is 10.00. The number of anilines is 1. The Balaban J connectivity index is 1.56. The second kappa shape index (κ2) is 14.0. The highest BCUT2D eigenvalue weighted by Gasteiger charge is 2.66. The number of hydrogen-bond acceptors (Lipinski definition) is 9. The number of nitrogens with zero attached hydrogens (tertiary/aromatic N) is 2. The standard InChI is InChI=1S/C36H33Cl2FN4O7/c1-3-50-22-7-4-6-19(14-22)18-42-29(17-30(44)23-12-10-20(34(45)49-2)15-28(23)43(47)48)33(40)31(24-8-5-9-26(38)32(24)39)36(42)25-13-11-21(37)16-27(25)41-35(36)46/h4-16,29-31,33,44H,3,17-18,40H2,1-2H3,(H,41,46)/t29-,30?,31-,33+,36+/m0/s1. The van der Waals surface area contributed by atoms with E-state index in [1.807, 2.05) is 24.0 Å². The number of methoxy groups -OCH3 is 1. The molecule has 14 heteroatoms. The summed E-state index contributed by atoms with van der Waals surface area (Å²) in [4.78, 5) is 40.1. The van der Waals surface area contributed by atoms with Crippen LogP contribution >= 0.6 is 23.2 Å². The van der Waals surface area contributed by atoms with Crippen LogP contribution in [0, 0.1) is 15.9 Å². The molecular weight excluding hydrogens is 690 g/mol. The lowest BCUT2D eigenvalue weighted by Crippen LogP contribution is -2.51. The Morgan fingerprint density at radius 1 is 1.14 bits per heavy atom. The quantitative estimate of drug-likeness (QED) is 0.0945. The molecule has 1 unspecified atom stereocenters. The van der Waals surface area contributed by atoms with Crippen molar-refractivity contribution in [1.29, 1.82) is 0 Å². The third kappa shape index (κ3) is 5.96. The molecule has 6 rings (SSSR count). The van der Waals surface area contributed by atoms with E-state index >= 15 is 4.39 Å². The molecule has 4 aromatic carbocycles. The van der Waals surface area contributed by atoms with E-state index in [1.54, 1.807) is 36.4 Å². The molecular formula is C36H33Cl2FN4O7. The van der Waals surface area contributed by atoms with Crippen LogP contribution in [0.15, 0.2) is 78.9 Å². The minimum Gasteiger partial charge on any atom is -0.494 e. The first-order chi connectivity index (χ1) is 23.9. The highest BCUT2D eigenvalue weighted by Crippen LogP contribution is 2.59. The number of hydrogen-bond donors (Lipinski definition) is 3. The number of fused-ring (bicyclic) bond motifs is 2. The fourth-order valence-corrected chi connectivity index (χ4v) is 7.79. The molecule has 0 saturated carbocycles. The predicted octanol–water partition coefficient (Wildman–Crippen LogP) is 6.49. The molecule has 2 heterocycles. The first-order valence-electron chi connectivity index (χ1n) is 15.8. The lowest BCUT2D eigenvalue weighted by molar-refractivity contribution is -0.386. The van der Waals surface area contributed by atoms with Gasteiger partial charge >= 0.3 is 5.97 Å². The summed E-state index contributed by atoms with van der Waals surface area (Å²) >= 11 is 12.7. The average Bonchev–Trinajstić information content (AvgIpc) is 3.50. The fraction of sp³-hybridized carbons (Fsp3) is 0.278. The van der Waals surface area contributed by atoms with Gasteiger partial charge in [0.15, 0.2) is 0 Å². The highest BCUT2D eigenvalue weighted by molar-refractivity contribution is 6.31. The number of nitro benzene ring substituents is 1. The maximum Gasteiger partial charge on any atom is 0.338 e. The molecule has 11 nitrogen and oxygen atoms in total. The number of nitro groups is 1. The van der Waals surface area contributed by atoms with E-state index in [4.69, 9.17) is 38.4 Å². The van der Waals surface area contributed by atoms with Crippen LogP contribution in [-0.4, -0.2) is 52.6 Å². The van der Waals surface area contributed by atoms with Crippen LogP contribution < -0.4 is 15.8 Å². The molecule has 1 spiro atoms. The van der Waals surface area contributed by atoms with E-state index in [0.717, 1.165) is 18.7 Å². The summed E-state index contributed by atoms with van der Waals surface area (Å²) in [6, 6.07) is 18.4. The zero-order chi connectivity index (χ0) is 35.9. The molecule has 0 bridgehead atoms. The Hall–Kier alpha value is -4.59. The number of esters is 1. The maximum atomic E-state index is 16.1. The smallest absolute Gasteiger partial charge is 0.338 e. The molecule has 1 saturated heterocycles. The van der Waals surface area contributed by atoms with Crippen molar-refractivity contribution in [2.24, 2.45) is 5.73 Å². The summed E-state index contributed by atoms with van der Waals surface area (Å²) in [6.45, 7) is 2.34. The van der Waals surface area contributed by atoms with Crippen molar-refractivity contribution < 1.29 is 33.5 Å². The number of carbonyl (C=O) groups is 2. The molecule has 2 aliphatic heterocycles. The molecule has 4 N–H and O–H groups in total. The van der Waals surface area contributed by atoms with Crippen molar-refractivity contribution in [3.8, 4) is 5.75 Å². The van der Waals surface area contributed by atoms with Crippen molar-refractivity contribution in [3.63, 3.8) is 0 Å². The number of nitrogens with two attached hydrogens (primary N) is 1. The molecule has 5 atom stereocenters. The van der Waals surface area contributed by atoms with Crippen LogP contribution in [0.3, 0.4) is 0 Å². The topological polar surface area (TPSA) is 157 Å². The molecule has 0 radical (unpaired) electrons. The van der Waals surface area contributed by atoms with E-state index < -0.39 is 57.9 Å². The average molecular weight is 724 g/mol. The van der Waals surface area contributed by atoms with Crippen molar-refractivity contribution in [2.75, 3.05) is 19.0 Å². The van der Waals surface area contributed by atoms with Crippen molar-refractivity contribution >= 4 is 46.5 Å². The summed E-state index contributed by atoms with van der Waals surface area (Å²) in [6.07, 6.45) is -1.73. The number of benzene rings is 4. The Kier molecular flexibility index (Phi) is 9.84. The third-order valence-electron chi connectivity index (χ3n) is 9.47. The van der Waals surface area contributed by atoms with Crippen molar-refractivity contribution in [3.05, 3.63) is 133 Å². The Labute approximate surface area is 296 Å². The van der Waals surface area contributed by atoms with Crippen LogP contribution in [0.25, 0.3) is 0 Å². The highest BCUT2D eigenvalue weighted by atomic mass is 35.5. The van der Waals surface area contributed by atoms with Gasteiger partial charge in [0, 0.05) is 46.9 Å². The van der Waals surface area contributed by atoms with Gasteiger partial charge in [0.05, 0.1) is 40.9 Å². The number of aliphatic hydroxyl groups is 1. The second-order valence-electron chi connectivity index (χ2n) is 12.2. The van der Waals surface area contributed by atoms with E-state index in [-0.39, 0.29) is 34.7 Å². The van der Waals surface area contributed by atoms with Gasteiger partial charge in [-0.15, -0.1) is 0 Å². The molecule has 260 valence electrons. The first-order valence-corrected chi connectivity index (χ1v) is 16.5. The van der Waals surface area contributed by atoms with Crippen molar-refractivity contribution in [2.45, 2.75) is 49.5 Å². The summed E-state index contributed by atoms with van der Waals surface area (Å²) in [7, 11) is 1.15. The molecule has 50 heavy (non-hydrogen) atoms. The van der Waals surface area contributed by atoms with Crippen LogP contribution in [-0.2, 0) is 21.6 Å². The zero-order valence-electron chi connectivity index (χ0n) is 26.9. The van der Waals surface area contributed by atoms with Crippen LogP contribution in [0.5, 0.6) is 5.75 Å². The first kappa shape index (κ1) is 35.2. The number of amides is 1. The number of halogens is 3. The van der Waals surface area contributed by atoms with Gasteiger partial charge in [0.1, 0.15) is 17.1 Å². The normalized spacial score (nSPS) is 21.9. The lowest BCUT2D eigenvalue weighted by atomic mass is 9.73. The van der Waals surface area contributed by atoms with Crippen molar-refractivity contribution in [1.82, 2.24) is 4.90 Å². The maximum absolute atomic E-state index is 16.1. The zero-order valence-corrected chi connectivity index (χ0v) is 28.5. The largest absolute Gasteiger partial charge is 0.494 e. The lowest BCUT2D eigenvalue weighted by Gasteiger charge is -2.40. The summed E-state index contributed by atoms with van der Waals surface area (Å²) in [5, 5.41) is 27.1. The number of likely N-dealkylation sites (tertiary alicyclic amines) is 1. The van der Waals surface area contributed by atoms with Crippen LogP contribution in [0.4, 0.5) is 15.8 Å². The molecule has 2 aliphatic rings. The van der Waals surface area contributed by atoms with Gasteiger partial charge in [-0.05, 0) is 66.9 Å². The molecule has 4 aromatic rings. The van der Waals surface area contributed by atoms with E-state index in [1.165, 1.54) is 24.3 Å². The van der Waals surface area contributed by atoms with Gasteiger partial charge in [0.2, 0.25) is 5.91 Å². The Morgan fingerprint density at radius 2 is 1.90 bits per heavy atom. The SMILES string of the molecule is CCOc1cccc(CN2[C@@H](CC(O)c3ccc(C(=O)OC)cc3[N+](=O)[O-])[C@@H](N)[C@H](c3cccc(Cl)c3F)[C@]23C(=O)Nc2cc(Cl)ccc23)c1. The number of aliphatic hydroxyl groups excluding tert-OH is 1. The van der Waals surface area contributed by atoms with Gasteiger partial charge in [-0.25, -0.2) is 9.18 Å². The Morgan fingerprint density at radius 3 is 2.62 bits per heavy atom. The minimum atomic E-state index is -1.66. The summed E-state index contributed by atoms with van der Waals surface area (Å²) in [5.41, 5.74) is 6.50. The predicted molar refractivity (Wildman–Crippen MR) is 185 cm³/mol. The number of nitrogens with one attached hydrogen (secondary N) is 1. The fourth-order valence-electron chi connectivity index (χ4n) is 7.44. The van der Waals surface area contributed by atoms with Crippen LogP contribution in [0.2, 0.25) is 10.0 Å². The monoisotopic (exact) mass is 722 g/mol. The summed E-state index contributed by atoms with van der Waals surface area (Å²) in [5.74, 6) is -2.51. The second-order valence-corrected chi connectivity index (χ2v) is 13.0. The van der Waals surface area contributed by atoms with E-state index in [9.17, 15) is 24.8 Å². The van der Waals surface area contributed by atoms with Gasteiger partial charge < -0.3 is 25.6 Å². The van der Waals surface area contributed by atoms with Gasteiger partial charge in [0.25, 0.3) is 5.69 Å². The van der Waals surface area contributed by atoms with Crippen LogP contribution in [0.1, 0.15) is 58.0 Å². The molecule has 0 aromatic heterocycles. The van der Waals surface area contributed by atoms with Gasteiger partial charge in [-0.3, -0.25) is 19.8 Å². The molecule has 1 fully saturated rings. The molecule has 1 amide bonds. The van der Waals surface area contributed by atoms with E-state index in [2.05, 4.69) is 5.32 Å². The molecule has 0 aliphatic carbocycles. The number of rotatable bonds is 10. The minimum absolute atomic E-state index is 0.0723. The van der Waals surface area contributed by atoms with Gasteiger partial charge in [-0.2, -0.15) is 0 Å². The number of carbonyl (C=O) groups excluding carboxylic acids is 2. The Bertz CT molecular complexity index is 2000. The summed E-state index contributed by atoms with van der Waals surface area (Å²) < 4.78 is 26.6. The van der Waals surface area contributed by atoms with Gasteiger partial charge in [-0.1, -0.05) is 53.5 Å².